The second-order valence-corrected chi connectivity index (χ2v) is 8.49. The fourth-order valence-electron chi connectivity index (χ4n) is 3.83. The Morgan fingerprint density at radius 3 is 2.52 bits per heavy atom. The van der Waals surface area contributed by atoms with Gasteiger partial charge in [-0.05, 0) is 54.2 Å². The number of ether oxygens (including phenoxy) is 1. The minimum atomic E-state index is -0.609. The summed E-state index contributed by atoms with van der Waals surface area (Å²) in [6, 6.07) is 15.3. The lowest BCUT2D eigenvalue weighted by atomic mass is 9.90. The fourth-order valence-corrected chi connectivity index (χ4v) is 4.21. The zero-order chi connectivity index (χ0) is 21.6. The van der Waals surface area contributed by atoms with Crippen molar-refractivity contribution in [3.63, 3.8) is 0 Å². The van der Waals surface area contributed by atoms with E-state index < -0.39 is 6.10 Å². The Labute approximate surface area is 190 Å². The van der Waals surface area contributed by atoms with Crippen molar-refractivity contribution in [2.45, 2.75) is 31.9 Å². The third-order valence-electron chi connectivity index (χ3n) is 5.53. The minimum Gasteiger partial charge on any atom is -0.439 e. The summed E-state index contributed by atoms with van der Waals surface area (Å²) in [5.74, 6) is 0.531. The molecule has 31 heavy (non-hydrogen) atoms. The Morgan fingerprint density at radius 1 is 1.10 bits per heavy atom. The van der Waals surface area contributed by atoms with Crippen LogP contribution < -0.4 is 0 Å². The largest absolute Gasteiger partial charge is 0.439 e. The third-order valence-corrected chi connectivity index (χ3v) is 6.12. The van der Waals surface area contributed by atoms with Crippen molar-refractivity contribution >= 4 is 29.3 Å². The lowest BCUT2D eigenvalue weighted by Crippen LogP contribution is -2.40. The molecule has 162 valence electrons. The summed E-state index contributed by atoms with van der Waals surface area (Å²) in [4.78, 5) is 16.1. The van der Waals surface area contributed by atoms with Crippen LogP contribution in [0, 0.1) is 5.92 Å². The number of tetrazole rings is 1. The summed E-state index contributed by atoms with van der Waals surface area (Å²) >= 11 is 12.3. The van der Waals surface area contributed by atoms with Crippen LogP contribution in [-0.2, 0) is 17.7 Å². The number of likely N-dealkylation sites (tertiary alicyclic amines) is 1. The van der Waals surface area contributed by atoms with Gasteiger partial charge in [0.15, 0.2) is 12.4 Å². The summed E-state index contributed by atoms with van der Waals surface area (Å²) < 4.78 is 5.86. The maximum absolute atomic E-state index is 12.9. The number of halogens is 2. The molecular formula is C22H23Cl2N5O2. The van der Waals surface area contributed by atoms with E-state index in [9.17, 15) is 4.79 Å². The number of piperidine rings is 1. The van der Waals surface area contributed by atoms with Crippen LogP contribution in [0.5, 0.6) is 0 Å². The first-order chi connectivity index (χ1) is 15.1. The van der Waals surface area contributed by atoms with Gasteiger partial charge in [-0.15, -0.1) is 10.2 Å². The number of benzene rings is 2. The number of aromatic nitrogens is 4. The Bertz CT molecular complexity index is 989. The summed E-state index contributed by atoms with van der Waals surface area (Å²) in [6.07, 6.45) is 3.23. The number of hydrogen-bond acceptors (Lipinski definition) is 5. The van der Waals surface area contributed by atoms with Crippen LogP contribution >= 0.6 is 23.2 Å². The summed E-state index contributed by atoms with van der Waals surface area (Å²) in [7, 11) is 0. The number of rotatable bonds is 6. The van der Waals surface area contributed by atoms with Crippen LogP contribution in [0.2, 0.25) is 10.0 Å². The van der Waals surface area contributed by atoms with Crippen LogP contribution in [0.4, 0.5) is 4.79 Å². The Hall–Kier alpha value is -2.64. The highest BCUT2D eigenvalue weighted by Gasteiger charge is 2.28. The molecule has 1 saturated heterocycles. The molecule has 1 aliphatic heterocycles. The van der Waals surface area contributed by atoms with Crippen molar-refractivity contribution in [1.29, 1.82) is 0 Å². The molecule has 1 atom stereocenters. The summed E-state index contributed by atoms with van der Waals surface area (Å²) in [5, 5.41) is 12.9. The van der Waals surface area contributed by atoms with E-state index in [-0.39, 0.29) is 12.6 Å². The first-order valence-electron chi connectivity index (χ1n) is 10.2. The average Bonchev–Trinajstić information content (AvgIpc) is 3.29. The fraction of sp³-hybridized carbons (Fsp3) is 0.364. The van der Waals surface area contributed by atoms with Gasteiger partial charge in [-0.25, -0.2) is 4.79 Å². The van der Waals surface area contributed by atoms with Gasteiger partial charge in [-0.2, -0.15) is 4.80 Å². The highest BCUT2D eigenvalue weighted by molar-refractivity contribution is 6.31. The molecule has 0 bridgehead atoms. The highest BCUT2D eigenvalue weighted by atomic mass is 35.5. The highest BCUT2D eigenvalue weighted by Crippen LogP contribution is 2.29. The average molecular weight is 460 g/mol. The lowest BCUT2D eigenvalue weighted by molar-refractivity contribution is 0.0420. The summed E-state index contributed by atoms with van der Waals surface area (Å²) in [6.45, 7) is 1.56. The van der Waals surface area contributed by atoms with Gasteiger partial charge in [-0.1, -0.05) is 53.5 Å². The SMILES string of the molecule is O=C(OC(Cn1ncnn1)c1ccccc1Cl)N1CCC(Cc2ccc(Cl)cc2)CC1. The zero-order valence-corrected chi connectivity index (χ0v) is 18.4. The quantitative estimate of drug-likeness (QED) is 0.528. The van der Waals surface area contributed by atoms with Crippen molar-refractivity contribution < 1.29 is 9.53 Å². The van der Waals surface area contributed by atoms with E-state index >= 15 is 0 Å². The molecule has 1 fully saturated rings. The second-order valence-electron chi connectivity index (χ2n) is 7.65. The van der Waals surface area contributed by atoms with Crippen molar-refractivity contribution in [2.24, 2.45) is 5.92 Å². The van der Waals surface area contributed by atoms with E-state index in [1.807, 2.05) is 30.3 Å². The molecule has 0 aliphatic carbocycles. The number of amides is 1. The predicted octanol–water partition coefficient (Wildman–Crippen LogP) is 4.81. The van der Waals surface area contributed by atoms with Gasteiger partial charge in [0, 0.05) is 28.7 Å². The van der Waals surface area contributed by atoms with Crippen molar-refractivity contribution in [3.05, 3.63) is 76.0 Å². The van der Waals surface area contributed by atoms with Gasteiger partial charge in [0.05, 0.1) is 0 Å². The molecule has 9 heteroatoms. The lowest BCUT2D eigenvalue weighted by Gasteiger charge is -2.32. The maximum Gasteiger partial charge on any atom is 0.410 e. The van der Waals surface area contributed by atoms with Crippen LogP contribution in [0.1, 0.15) is 30.1 Å². The monoisotopic (exact) mass is 459 g/mol. The van der Waals surface area contributed by atoms with E-state index in [0.717, 1.165) is 24.3 Å². The van der Waals surface area contributed by atoms with Crippen LogP contribution in [0.25, 0.3) is 0 Å². The van der Waals surface area contributed by atoms with E-state index in [0.29, 0.717) is 29.6 Å². The van der Waals surface area contributed by atoms with Gasteiger partial charge in [0.25, 0.3) is 0 Å². The molecular weight excluding hydrogens is 437 g/mol. The van der Waals surface area contributed by atoms with Gasteiger partial charge in [0.2, 0.25) is 0 Å². The van der Waals surface area contributed by atoms with E-state index in [4.69, 9.17) is 27.9 Å². The Balaban J connectivity index is 1.36. The minimum absolute atomic E-state index is 0.239. The molecule has 1 aromatic heterocycles. The Morgan fingerprint density at radius 2 is 1.84 bits per heavy atom. The molecule has 0 N–H and O–H groups in total. The number of nitrogens with zero attached hydrogens (tertiary/aromatic N) is 5. The standard InChI is InChI=1S/C22H23Cl2N5O2/c23-18-7-5-16(6-8-18)13-17-9-11-28(12-10-17)22(30)31-21(14-29-26-15-25-27-29)19-3-1-2-4-20(19)24/h1-8,15,17,21H,9-14H2. The van der Waals surface area contributed by atoms with Crippen LogP contribution in [0.15, 0.2) is 54.9 Å². The molecule has 2 heterocycles. The molecule has 0 saturated carbocycles. The van der Waals surface area contributed by atoms with Crippen molar-refractivity contribution in [2.75, 3.05) is 13.1 Å². The molecule has 2 aromatic carbocycles. The Kier molecular flexibility index (Phi) is 7.04. The smallest absolute Gasteiger partial charge is 0.410 e. The van der Waals surface area contributed by atoms with Crippen LogP contribution in [0.3, 0.4) is 0 Å². The first kappa shape index (κ1) is 21.6. The van der Waals surface area contributed by atoms with E-state index in [2.05, 4.69) is 27.5 Å². The van der Waals surface area contributed by atoms with Crippen molar-refractivity contribution in [1.82, 2.24) is 25.1 Å². The first-order valence-corrected chi connectivity index (χ1v) is 11.0. The second kappa shape index (κ2) is 10.1. The molecule has 3 aromatic rings. The number of hydrogen-bond donors (Lipinski definition) is 0. The molecule has 1 aliphatic rings. The zero-order valence-electron chi connectivity index (χ0n) is 16.9. The molecule has 1 unspecified atom stereocenters. The van der Waals surface area contributed by atoms with Gasteiger partial charge < -0.3 is 9.64 Å². The van der Waals surface area contributed by atoms with Crippen molar-refractivity contribution in [3.8, 4) is 0 Å². The number of carbonyl (C=O) groups is 1. The third kappa shape index (κ3) is 5.74. The predicted molar refractivity (Wildman–Crippen MR) is 118 cm³/mol. The summed E-state index contributed by atoms with van der Waals surface area (Å²) in [5.41, 5.74) is 1.98. The molecule has 4 rings (SSSR count). The normalized spacial score (nSPS) is 15.6. The topological polar surface area (TPSA) is 73.1 Å². The van der Waals surface area contributed by atoms with Gasteiger partial charge in [0.1, 0.15) is 6.54 Å². The van der Waals surface area contributed by atoms with Gasteiger partial charge >= 0.3 is 6.09 Å². The molecule has 1 amide bonds. The molecule has 0 spiro atoms. The van der Waals surface area contributed by atoms with Gasteiger partial charge in [-0.3, -0.25) is 0 Å². The maximum atomic E-state index is 12.9. The van der Waals surface area contributed by atoms with Crippen LogP contribution in [-0.4, -0.2) is 44.3 Å². The van der Waals surface area contributed by atoms with E-state index in [1.54, 1.807) is 11.0 Å². The molecule has 0 radical (unpaired) electrons. The number of carbonyl (C=O) groups excluding carboxylic acids is 1. The molecule has 7 nitrogen and oxygen atoms in total. The van der Waals surface area contributed by atoms with E-state index in [1.165, 1.54) is 16.7 Å².